The fraction of sp³-hybridized carbons (Fsp3) is 0.500. The Labute approximate surface area is 104 Å². The third kappa shape index (κ3) is 4.37. The lowest BCUT2D eigenvalue weighted by molar-refractivity contribution is -0.0283. The SMILES string of the molecule is CC(C)(C)OCCOC(=O)c1ccnc(F)c1F. The second-order valence-electron chi connectivity index (χ2n) is 4.56. The molecule has 0 amide bonds. The Morgan fingerprint density at radius 3 is 2.61 bits per heavy atom. The van der Waals surface area contributed by atoms with Crippen LogP contribution in [0, 0.1) is 11.8 Å². The zero-order valence-electron chi connectivity index (χ0n) is 10.5. The number of aromatic nitrogens is 1. The van der Waals surface area contributed by atoms with Gasteiger partial charge in [-0.2, -0.15) is 4.39 Å². The van der Waals surface area contributed by atoms with E-state index in [1.807, 2.05) is 20.8 Å². The molecule has 0 saturated heterocycles. The first-order valence-electron chi connectivity index (χ1n) is 5.42. The first kappa shape index (κ1) is 14.5. The highest BCUT2D eigenvalue weighted by molar-refractivity contribution is 5.89. The molecule has 0 atom stereocenters. The number of carbonyl (C=O) groups excluding carboxylic acids is 1. The van der Waals surface area contributed by atoms with Crippen LogP contribution in [0.15, 0.2) is 12.3 Å². The summed E-state index contributed by atoms with van der Waals surface area (Å²) in [5.74, 6) is -3.57. The number of pyridine rings is 1. The zero-order chi connectivity index (χ0) is 13.8. The fourth-order valence-electron chi connectivity index (χ4n) is 1.14. The van der Waals surface area contributed by atoms with Gasteiger partial charge in [0.15, 0.2) is 5.82 Å². The monoisotopic (exact) mass is 259 g/mol. The third-order valence-corrected chi connectivity index (χ3v) is 1.92. The van der Waals surface area contributed by atoms with Crippen molar-refractivity contribution in [2.75, 3.05) is 13.2 Å². The van der Waals surface area contributed by atoms with E-state index in [4.69, 9.17) is 9.47 Å². The van der Waals surface area contributed by atoms with E-state index in [0.717, 1.165) is 12.3 Å². The zero-order valence-corrected chi connectivity index (χ0v) is 10.5. The number of esters is 1. The molecule has 0 N–H and O–H groups in total. The molecule has 0 saturated carbocycles. The number of hydrogen-bond acceptors (Lipinski definition) is 4. The predicted octanol–water partition coefficient (Wildman–Crippen LogP) is 2.33. The molecule has 6 heteroatoms. The fourth-order valence-corrected chi connectivity index (χ4v) is 1.14. The molecule has 0 unspecified atom stereocenters. The van der Waals surface area contributed by atoms with Gasteiger partial charge in [0, 0.05) is 6.20 Å². The molecule has 0 spiro atoms. The highest BCUT2D eigenvalue weighted by Crippen LogP contribution is 2.10. The minimum absolute atomic E-state index is 0.0283. The van der Waals surface area contributed by atoms with E-state index >= 15 is 0 Å². The number of halogens is 2. The van der Waals surface area contributed by atoms with Gasteiger partial charge < -0.3 is 9.47 Å². The van der Waals surface area contributed by atoms with Gasteiger partial charge in [0.25, 0.3) is 0 Å². The van der Waals surface area contributed by atoms with Crippen LogP contribution in [0.4, 0.5) is 8.78 Å². The van der Waals surface area contributed by atoms with Crippen LogP contribution in [0.5, 0.6) is 0 Å². The second-order valence-corrected chi connectivity index (χ2v) is 4.56. The Bertz CT molecular complexity index is 430. The molecule has 18 heavy (non-hydrogen) atoms. The van der Waals surface area contributed by atoms with E-state index in [9.17, 15) is 13.6 Å². The van der Waals surface area contributed by atoms with Gasteiger partial charge in [-0.3, -0.25) is 0 Å². The second kappa shape index (κ2) is 5.86. The number of ether oxygens (including phenoxy) is 2. The number of rotatable bonds is 4. The van der Waals surface area contributed by atoms with Crippen molar-refractivity contribution in [1.82, 2.24) is 4.98 Å². The van der Waals surface area contributed by atoms with Crippen LogP contribution in [0.25, 0.3) is 0 Å². The summed E-state index contributed by atoms with van der Waals surface area (Å²) in [7, 11) is 0. The average Bonchev–Trinajstić information content (AvgIpc) is 2.26. The molecule has 4 nitrogen and oxygen atoms in total. The quantitative estimate of drug-likeness (QED) is 0.473. The topological polar surface area (TPSA) is 48.4 Å². The van der Waals surface area contributed by atoms with Crippen LogP contribution in [0.2, 0.25) is 0 Å². The molecule has 0 aromatic carbocycles. The van der Waals surface area contributed by atoms with Crippen molar-refractivity contribution in [1.29, 1.82) is 0 Å². The summed E-state index contributed by atoms with van der Waals surface area (Å²) in [4.78, 5) is 14.5. The van der Waals surface area contributed by atoms with E-state index in [-0.39, 0.29) is 18.8 Å². The Morgan fingerprint density at radius 1 is 1.33 bits per heavy atom. The van der Waals surface area contributed by atoms with E-state index in [0.29, 0.717) is 0 Å². The Balaban J connectivity index is 2.49. The summed E-state index contributed by atoms with van der Waals surface area (Å²) in [6.45, 7) is 5.72. The molecule has 1 rings (SSSR count). The van der Waals surface area contributed by atoms with E-state index < -0.39 is 23.3 Å². The maximum absolute atomic E-state index is 13.2. The number of nitrogens with zero attached hydrogens (tertiary/aromatic N) is 1. The van der Waals surface area contributed by atoms with Gasteiger partial charge in [0.05, 0.1) is 12.2 Å². The molecule has 0 aliphatic heterocycles. The molecular formula is C12H15F2NO3. The Morgan fingerprint density at radius 2 is 2.00 bits per heavy atom. The summed E-state index contributed by atoms with van der Waals surface area (Å²) in [6.07, 6.45) is 1.00. The molecule has 0 radical (unpaired) electrons. The van der Waals surface area contributed by atoms with Gasteiger partial charge in [-0.25, -0.2) is 14.2 Å². The van der Waals surface area contributed by atoms with Crippen molar-refractivity contribution in [3.63, 3.8) is 0 Å². The summed E-state index contributed by atoms with van der Waals surface area (Å²) in [5.41, 5.74) is -0.821. The Kier molecular flexibility index (Phi) is 4.72. The molecule has 1 heterocycles. The summed E-state index contributed by atoms with van der Waals surface area (Å²) >= 11 is 0. The van der Waals surface area contributed by atoms with Crippen LogP contribution in [-0.4, -0.2) is 29.8 Å². The molecule has 1 aromatic rings. The minimum atomic E-state index is -1.32. The average molecular weight is 259 g/mol. The van der Waals surface area contributed by atoms with Gasteiger partial charge in [-0.15, -0.1) is 0 Å². The van der Waals surface area contributed by atoms with Crippen molar-refractivity contribution in [2.24, 2.45) is 0 Å². The maximum atomic E-state index is 13.2. The molecule has 0 bridgehead atoms. The lowest BCUT2D eigenvalue weighted by Crippen LogP contribution is -2.23. The maximum Gasteiger partial charge on any atom is 0.341 e. The lowest BCUT2D eigenvalue weighted by Gasteiger charge is -2.19. The van der Waals surface area contributed by atoms with Gasteiger partial charge in [-0.05, 0) is 26.8 Å². The molecule has 0 aliphatic rings. The predicted molar refractivity (Wildman–Crippen MR) is 60.1 cm³/mol. The minimum Gasteiger partial charge on any atom is -0.460 e. The molecular weight excluding hydrogens is 244 g/mol. The molecule has 0 fully saturated rings. The standard InChI is InChI=1S/C12H15F2NO3/c1-12(2,3)18-7-6-17-11(16)8-4-5-15-10(14)9(8)13/h4-5H,6-7H2,1-3H3. The van der Waals surface area contributed by atoms with E-state index in [1.165, 1.54) is 0 Å². The van der Waals surface area contributed by atoms with Crippen molar-refractivity contribution < 1.29 is 23.0 Å². The third-order valence-electron chi connectivity index (χ3n) is 1.92. The van der Waals surface area contributed by atoms with Crippen LogP contribution in [0.1, 0.15) is 31.1 Å². The van der Waals surface area contributed by atoms with Crippen molar-refractivity contribution in [3.8, 4) is 0 Å². The van der Waals surface area contributed by atoms with E-state index in [1.54, 1.807) is 0 Å². The van der Waals surface area contributed by atoms with Crippen LogP contribution in [0.3, 0.4) is 0 Å². The first-order valence-corrected chi connectivity index (χ1v) is 5.42. The molecule has 100 valence electrons. The summed E-state index contributed by atoms with van der Waals surface area (Å²) < 4.78 is 36.0. The van der Waals surface area contributed by atoms with Crippen molar-refractivity contribution in [3.05, 3.63) is 29.6 Å². The van der Waals surface area contributed by atoms with Crippen LogP contribution < -0.4 is 0 Å². The van der Waals surface area contributed by atoms with Gasteiger partial charge in [0.2, 0.25) is 5.95 Å². The first-order chi connectivity index (χ1) is 8.31. The highest BCUT2D eigenvalue weighted by Gasteiger charge is 2.17. The van der Waals surface area contributed by atoms with Crippen LogP contribution >= 0.6 is 0 Å². The number of carbonyl (C=O) groups is 1. The molecule has 0 aliphatic carbocycles. The van der Waals surface area contributed by atoms with Gasteiger partial charge in [0.1, 0.15) is 12.2 Å². The van der Waals surface area contributed by atoms with Crippen molar-refractivity contribution in [2.45, 2.75) is 26.4 Å². The van der Waals surface area contributed by atoms with Gasteiger partial charge in [-0.1, -0.05) is 0 Å². The normalized spacial score (nSPS) is 11.4. The van der Waals surface area contributed by atoms with Gasteiger partial charge >= 0.3 is 5.97 Å². The summed E-state index contributed by atoms with van der Waals surface area (Å²) in [5, 5.41) is 0. The lowest BCUT2D eigenvalue weighted by atomic mass is 10.2. The largest absolute Gasteiger partial charge is 0.460 e. The Hall–Kier alpha value is -1.56. The number of hydrogen-bond donors (Lipinski definition) is 0. The highest BCUT2D eigenvalue weighted by atomic mass is 19.2. The van der Waals surface area contributed by atoms with Crippen molar-refractivity contribution >= 4 is 5.97 Å². The van der Waals surface area contributed by atoms with E-state index in [2.05, 4.69) is 4.98 Å². The summed E-state index contributed by atoms with van der Waals surface area (Å²) in [6, 6.07) is 1.06. The van der Waals surface area contributed by atoms with Crippen LogP contribution in [-0.2, 0) is 9.47 Å². The molecule has 1 aromatic heterocycles. The smallest absolute Gasteiger partial charge is 0.341 e.